The van der Waals surface area contributed by atoms with Crippen molar-refractivity contribution in [1.82, 2.24) is 24.5 Å². The lowest BCUT2D eigenvalue weighted by atomic mass is 9.84. The Hall–Kier alpha value is -2.38. The molecule has 3 aromatic heterocycles. The van der Waals surface area contributed by atoms with Crippen molar-refractivity contribution in [1.29, 1.82) is 0 Å². The number of nitrogens with zero attached hydrogens (tertiary/aromatic N) is 5. The molecule has 0 aliphatic heterocycles. The van der Waals surface area contributed by atoms with Gasteiger partial charge in [-0.05, 0) is 37.8 Å². The van der Waals surface area contributed by atoms with Gasteiger partial charge < -0.3 is 4.57 Å². The molecule has 4 rings (SSSR count). The van der Waals surface area contributed by atoms with Gasteiger partial charge >= 0.3 is 0 Å². The van der Waals surface area contributed by atoms with Crippen LogP contribution in [-0.2, 0) is 20.0 Å². The van der Waals surface area contributed by atoms with Crippen molar-refractivity contribution < 1.29 is 13.2 Å². The van der Waals surface area contributed by atoms with Crippen LogP contribution in [0.25, 0.3) is 22.3 Å². The zero-order valence-electron chi connectivity index (χ0n) is 16.3. The summed E-state index contributed by atoms with van der Waals surface area (Å²) in [6.07, 6.45) is 3.41. The lowest BCUT2D eigenvalue weighted by Gasteiger charge is -2.34. The summed E-state index contributed by atoms with van der Waals surface area (Å²) in [5.74, 6) is -2.75. The second kappa shape index (κ2) is 6.60. The van der Waals surface area contributed by atoms with Crippen molar-refractivity contribution in [3.8, 4) is 11.3 Å². The van der Waals surface area contributed by atoms with Crippen LogP contribution in [0.5, 0.6) is 0 Å². The van der Waals surface area contributed by atoms with Gasteiger partial charge in [0.2, 0.25) is 5.92 Å². The summed E-state index contributed by atoms with van der Waals surface area (Å²) in [5.41, 5.74) is 3.52. The summed E-state index contributed by atoms with van der Waals surface area (Å²) in [5, 5.41) is 8.12. The van der Waals surface area contributed by atoms with Crippen LogP contribution in [0.15, 0.2) is 18.5 Å². The average Bonchev–Trinajstić information content (AvgIpc) is 3.17. The molecule has 0 radical (unpaired) electrons. The molecule has 0 N–H and O–H groups in total. The Morgan fingerprint density at radius 2 is 1.86 bits per heavy atom. The quantitative estimate of drug-likeness (QED) is 0.652. The Bertz CT molecular complexity index is 991. The summed E-state index contributed by atoms with van der Waals surface area (Å²) in [4.78, 5) is 4.62. The highest BCUT2D eigenvalue weighted by molar-refractivity contribution is 5.84. The fourth-order valence-electron chi connectivity index (χ4n) is 4.14. The molecule has 0 saturated heterocycles. The maximum Gasteiger partial charge on any atom is 0.248 e. The number of hydrogen-bond donors (Lipinski definition) is 0. The molecule has 28 heavy (non-hydrogen) atoms. The Labute approximate surface area is 161 Å². The normalized spacial score (nSPS) is 18.6. The molecular weight excluding hydrogens is 367 g/mol. The van der Waals surface area contributed by atoms with Crippen LogP contribution in [0, 0.1) is 6.92 Å². The Morgan fingerprint density at radius 3 is 2.46 bits per heavy atom. The zero-order chi connectivity index (χ0) is 20.1. The van der Waals surface area contributed by atoms with Gasteiger partial charge in [0, 0.05) is 37.8 Å². The van der Waals surface area contributed by atoms with Gasteiger partial charge in [-0.3, -0.25) is 4.98 Å². The lowest BCUT2D eigenvalue weighted by molar-refractivity contribution is -0.0791. The van der Waals surface area contributed by atoms with E-state index in [4.69, 9.17) is 0 Å². The molecule has 1 aliphatic carbocycles. The smallest absolute Gasteiger partial charge is 0.248 e. The van der Waals surface area contributed by atoms with E-state index in [1.165, 1.54) is 0 Å². The fourth-order valence-corrected chi connectivity index (χ4v) is 4.14. The first-order chi connectivity index (χ1) is 13.2. The van der Waals surface area contributed by atoms with E-state index >= 15 is 4.39 Å². The summed E-state index contributed by atoms with van der Waals surface area (Å²) < 4.78 is 45.8. The van der Waals surface area contributed by atoms with Gasteiger partial charge in [0.25, 0.3) is 0 Å². The van der Waals surface area contributed by atoms with E-state index in [9.17, 15) is 8.78 Å². The maximum absolute atomic E-state index is 15.3. The number of fused-ring (bicyclic) bond motifs is 1. The molecule has 0 atom stereocenters. The summed E-state index contributed by atoms with van der Waals surface area (Å²) in [6.45, 7) is 3.96. The van der Waals surface area contributed by atoms with Crippen LogP contribution in [-0.4, -0.2) is 36.1 Å². The third-order valence-electron chi connectivity index (χ3n) is 5.77. The predicted octanol–water partition coefficient (Wildman–Crippen LogP) is 4.62. The predicted molar refractivity (Wildman–Crippen MR) is 101 cm³/mol. The Morgan fingerprint density at radius 1 is 1.14 bits per heavy atom. The van der Waals surface area contributed by atoms with Crippen LogP contribution >= 0.6 is 0 Å². The highest BCUT2D eigenvalue weighted by atomic mass is 19.3. The molecule has 0 spiro atoms. The zero-order valence-corrected chi connectivity index (χ0v) is 16.3. The van der Waals surface area contributed by atoms with E-state index in [1.807, 2.05) is 37.7 Å². The van der Waals surface area contributed by atoms with Gasteiger partial charge in [0.1, 0.15) is 5.67 Å². The molecule has 1 fully saturated rings. The molecule has 3 heterocycles. The lowest BCUT2D eigenvalue weighted by Crippen LogP contribution is -2.38. The molecular formula is C20H24F3N5. The van der Waals surface area contributed by atoms with E-state index in [0.717, 1.165) is 40.0 Å². The number of aryl methyl sites for hydroxylation is 3. The first-order valence-corrected chi connectivity index (χ1v) is 9.62. The summed E-state index contributed by atoms with van der Waals surface area (Å²) in [6, 6.07) is 1.97. The van der Waals surface area contributed by atoms with Crippen molar-refractivity contribution in [2.75, 3.05) is 0 Å². The minimum Gasteiger partial charge on any atom is -0.343 e. The average molecular weight is 391 g/mol. The third kappa shape index (κ3) is 3.29. The van der Waals surface area contributed by atoms with Crippen LogP contribution in [0.3, 0.4) is 0 Å². The van der Waals surface area contributed by atoms with Gasteiger partial charge in [-0.1, -0.05) is 12.1 Å². The Kier molecular flexibility index (Phi) is 4.47. The second-order valence-corrected chi connectivity index (χ2v) is 7.88. The first-order valence-electron chi connectivity index (χ1n) is 9.62. The van der Waals surface area contributed by atoms with Crippen LogP contribution < -0.4 is 0 Å². The van der Waals surface area contributed by atoms with Crippen molar-refractivity contribution in [3.05, 3.63) is 29.7 Å². The van der Waals surface area contributed by atoms with E-state index in [2.05, 4.69) is 15.3 Å². The molecule has 3 aromatic rings. The highest BCUT2D eigenvalue weighted by Gasteiger charge is 2.44. The Balaban J connectivity index is 1.75. The topological polar surface area (TPSA) is 48.5 Å². The van der Waals surface area contributed by atoms with E-state index in [-0.39, 0.29) is 19.4 Å². The fraction of sp³-hybridized carbons (Fsp3) is 0.550. The van der Waals surface area contributed by atoms with Gasteiger partial charge in [-0.25, -0.2) is 17.9 Å². The molecule has 5 nitrogen and oxygen atoms in total. The van der Waals surface area contributed by atoms with Gasteiger partial charge in [-0.2, -0.15) is 0 Å². The largest absolute Gasteiger partial charge is 0.343 e. The molecule has 0 aromatic carbocycles. The standard InChI is InChI=1S/C20H24F3N5/c1-4-14-11-28(12-19(21)5-7-20(22,23)8-6-19)16-9-15(10-24-17(14)16)18-13(2)25-26-27(18)3/h9-11H,4-8,12H2,1-3H3. The summed E-state index contributed by atoms with van der Waals surface area (Å²) >= 11 is 0. The summed E-state index contributed by atoms with van der Waals surface area (Å²) in [7, 11) is 1.81. The van der Waals surface area contributed by atoms with E-state index in [0.29, 0.717) is 0 Å². The van der Waals surface area contributed by atoms with Crippen molar-refractivity contribution in [2.24, 2.45) is 7.05 Å². The molecule has 1 aliphatic rings. The number of alkyl halides is 3. The minimum absolute atomic E-state index is 0.0628. The van der Waals surface area contributed by atoms with Gasteiger partial charge in [0.15, 0.2) is 0 Å². The van der Waals surface area contributed by atoms with Crippen molar-refractivity contribution >= 4 is 11.0 Å². The number of hydrogen-bond acceptors (Lipinski definition) is 3. The monoisotopic (exact) mass is 391 g/mol. The highest BCUT2D eigenvalue weighted by Crippen LogP contribution is 2.42. The van der Waals surface area contributed by atoms with Gasteiger partial charge in [0.05, 0.1) is 29.0 Å². The first kappa shape index (κ1) is 19.0. The maximum atomic E-state index is 15.3. The van der Waals surface area contributed by atoms with Gasteiger partial charge in [-0.15, -0.1) is 5.10 Å². The number of aromatic nitrogens is 5. The molecule has 150 valence electrons. The van der Waals surface area contributed by atoms with Crippen LogP contribution in [0.4, 0.5) is 13.2 Å². The molecule has 8 heteroatoms. The third-order valence-corrected chi connectivity index (χ3v) is 5.77. The molecule has 0 bridgehead atoms. The number of rotatable bonds is 4. The number of halogens is 3. The SMILES string of the molecule is CCc1cn(CC2(F)CCC(F)(F)CC2)c2cc(-c3c(C)nnn3C)cnc12. The number of pyridine rings is 1. The van der Waals surface area contributed by atoms with E-state index in [1.54, 1.807) is 10.9 Å². The van der Waals surface area contributed by atoms with E-state index < -0.39 is 24.4 Å². The van der Waals surface area contributed by atoms with Crippen molar-refractivity contribution in [3.63, 3.8) is 0 Å². The van der Waals surface area contributed by atoms with Crippen LogP contribution in [0.1, 0.15) is 43.9 Å². The minimum atomic E-state index is -2.75. The second-order valence-electron chi connectivity index (χ2n) is 7.88. The van der Waals surface area contributed by atoms with Crippen LogP contribution in [0.2, 0.25) is 0 Å². The molecule has 0 amide bonds. The van der Waals surface area contributed by atoms with Crippen molar-refractivity contribution in [2.45, 2.75) is 64.1 Å². The molecule has 1 saturated carbocycles. The molecule has 0 unspecified atom stereocenters.